The van der Waals surface area contributed by atoms with Gasteiger partial charge >= 0.3 is 0 Å². The molecule has 0 aliphatic carbocycles. The summed E-state index contributed by atoms with van der Waals surface area (Å²) >= 11 is 0. The molecule has 0 bridgehead atoms. The third-order valence-electron chi connectivity index (χ3n) is 3.65. The highest BCUT2D eigenvalue weighted by molar-refractivity contribution is 6.05. The van der Waals surface area contributed by atoms with Gasteiger partial charge in [0.2, 0.25) is 5.91 Å². The molecule has 0 radical (unpaired) electrons. The predicted molar refractivity (Wildman–Crippen MR) is 68.6 cm³/mol. The van der Waals surface area contributed by atoms with Crippen LogP contribution in [0.25, 0.3) is 0 Å². The monoisotopic (exact) mass is 249 g/mol. The minimum absolute atomic E-state index is 0.0165. The number of benzene rings is 1. The van der Waals surface area contributed by atoms with Gasteiger partial charge in [-0.05, 0) is 30.5 Å². The van der Waals surface area contributed by atoms with E-state index in [4.69, 9.17) is 0 Å². The number of hydroxylamine groups is 2. The van der Waals surface area contributed by atoms with Crippen LogP contribution in [0.3, 0.4) is 0 Å². The molecule has 1 atom stereocenters. The van der Waals surface area contributed by atoms with Gasteiger partial charge in [-0.15, -0.1) is 0 Å². The van der Waals surface area contributed by atoms with Crippen molar-refractivity contribution in [3.63, 3.8) is 0 Å². The van der Waals surface area contributed by atoms with E-state index < -0.39 is 5.41 Å². The van der Waals surface area contributed by atoms with E-state index in [2.05, 4.69) is 10.2 Å². The highest BCUT2D eigenvalue weighted by Gasteiger charge is 2.40. The van der Waals surface area contributed by atoms with E-state index in [-0.39, 0.29) is 12.5 Å². The second kappa shape index (κ2) is 4.68. The number of fused-ring (bicyclic) bond motifs is 1. The first-order valence-corrected chi connectivity index (χ1v) is 5.95. The Balaban J connectivity index is 2.35. The van der Waals surface area contributed by atoms with E-state index in [1.54, 1.807) is 0 Å². The van der Waals surface area contributed by atoms with Crippen LogP contribution in [0.15, 0.2) is 18.2 Å². The van der Waals surface area contributed by atoms with Crippen LogP contribution < -0.4 is 5.32 Å². The fourth-order valence-corrected chi connectivity index (χ4v) is 2.20. The molecule has 5 nitrogen and oxygen atoms in total. The summed E-state index contributed by atoms with van der Waals surface area (Å²) in [4.78, 5) is 16.5. The first-order valence-electron chi connectivity index (χ1n) is 5.95. The molecule has 1 N–H and O–H groups in total. The van der Waals surface area contributed by atoms with Gasteiger partial charge in [0.1, 0.15) is 0 Å². The number of carbonyl (C=O) groups excluding carboxylic acids is 1. The summed E-state index contributed by atoms with van der Waals surface area (Å²) in [6.07, 6.45) is 0.723. The third kappa shape index (κ3) is 2.01. The molecule has 1 heterocycles. The van der Waals surface area contributed by atoms with Crippen molar-refractivity contribution in [3.05, 3.63) is 34.5 Å². The molecule has 98 valence electrons. The lowest BCUT2D eigenvalue weighted by Crippen LogP contribution is -2.30. The van der Waals surface area contributed by atoms with E-state index >= 15 is 0 Å². The Bertz CT molecular complexity index is 475. The second-order valence-electron chi connectivity index (χ2n) is 4.69. The van der Waals surface area contributed by atoms with Gasteiger partial charge in [-0.1, -0.05) is 19.1 Å². The zero-order valence-electron chi connectivity index (χ0n) is 10.8. The Morgan fingerprint density at radius 1 is 1.50 bits per heavy atom. The topological polar surface area (TPSA) is 64.6 Å². The Labute approximate surface area is 106 Å². The molecule has 1 aliphatic heterocycles. The highest BCUT2D eigenvalue weighted by Crippen LogP contribution is 2.40. The molecular formula is C13H17N2O3-. The Morgan fingerprint density at radius 3 is 2.83 bits per heavy atom. The van der Waals surface area contributed by atoms with E-state index in [9.17, 15) is 10.0 Å². The van der Waals surface area contributed by atoms with Crippen LogP contribution in [-0.4, -0.2) is 18.2 Å². The van der Waals surface area contributed by atoms with E-state index in [0.717, 1.165) is 23.2 Å². The molecule has 1 aliphatic rings. The normalized spacial score (nSPS) is 22.2. The summed E-state index contributed by atoms with van der Waals surface area (Å²) in [7, 11) is 1.33. The van der Waals surface area contributed by atoms with Gasteiger partial charge < -0.3 is 15.4 Å². The smallest absolute Gasteiger partial charge is 0.234 e. The predicted octanol–water partition coefficient (Wildman–Crippen LogP) is 2.17. The molecule has 1 aromatic carbocycles. The fourth-order valence-electron chi connectivity index (χ4n) is 2.20. The number of hydrogen-bond acceptors (Lipinski definition) is 4. The van der Waals surface area contributed by atoms with Crippen LogP contribution in [0.1, 0.15) is 31.4 Å². The van der Waals surface area contributed by atoms with Crippen LogP contribution in [0.2, 0.25) is 0 Å². The van der Waals surface area contributed by atoms with Gasteiger partial charge in [-0.3, -0.25) is 10.0 Å². The number of carbonyl (C=O) groups is 1. The maximum atomic E-state index is 12.0. The minimum atomic E-state index is -0.508. The summed E-state index contributed by atoms with van der Waals surface area (Å²) in [5, 5.41) is 14.6. The Morgan fingerprint density at radius 2 is 2.22 bits per heavy atom. The number of nitrogens with one attached hydrogen (secondary N) is 1. The van der Waals surface area contributed by atoms with Gasteiger partial charge in [0.05, 0.1) is 12.5 Å². The molecule has 0 saturated heterocycles. The van der Waals surface area contributed by atoms with Crippen LogP contribution in [0.4, 0.5) is 5.69 Å². The number of anilines is 1. The fraction of sp³-hybridized carbons (Fsp3) is 0.462. The summed E-state index contributed by atoms with van der Waals surface area (Å²) in [5.74, 6) is 0.0165. The highest BCUT2D eigenvalue weighted by atomic mass is 16.9. The van der Waals surface area contributed by atoms with Crippen LogP contribution in [0.5, 0.6) is 0 Å². The molecule has 0 aromatic heterocycles. The average molecular weight is 249 g/mol. The molecule has 0 saturated carbocycles. The molecule has 0 fully saturated rings. The Kier molecular flexibility index (Phi) is 3.38. The maximum absolute atomic E-state index is 12.0. The first-order chi connectivity index (χ1) is 8.51. The standard InChI is InChI=1S/C13H17N2O3/c1-4-13(2)10-7-9(8-15(17)18-3)5-6-11(10)14-12(13)16/h5-7H,4,8H2,1-3H3,(H,14,16)/q-1. The van der Waals surface area contributed by atoms with Crippen molar-refractivity contribution < 1.29 is 9.63 Å². The molecule has 0 spiro atoms. The van der Waals surface area contributed by atoms with Crippen molar-refractivity contribution >= 4 is 11.6 Å². The van der Waals surface area contributed by atoms with Crippen molar-refractivity contribution in [1.82, 2.24) is 5.23 Å². The quantitative estimate of drug-likeness (QED) is 0.830. The van der Waals surface area contributed by atoms with Crippen LogP contribution >= 0.6 is 0 Å². The van der Waals surface area contributed by atoms with Gasteiger partial charge in [0, 0.05) is 12.2 Å². The van der Waals surface area contributed by atoms with Crippen LogP contribution in [0, 0.1) is 5.21 Å². The van der Waals surface area contributed by atoms with Gasteiger partial charge in [-0.25, -0.2) is 0 Å². The average Bonchev–Trinajstić information content (AvgIpc) is 2.62. The number of nitrogens with zero attached hydrogens (tertiary/aromatic N) is 1. The van der Waals surface area contributed by atoms with Crippen molar-refractivity contribution in [1.29, 1.82) is 0 Å². The van der Waals surface area contributed by atoms with E-state index in [0.29, 0.717) is 5.23 Å². The molecule has 2 rings (SSSR count). The molecular weight excluding hydrogens is 232 g/mol. The summed E-state index contributed by atoms with van der Waals surface area (Å²) in [6.45, 7) is 4.05. The van der Waals surface area contributed by atoms with Gasteiger partial charge in [0.15, 0.2) is 0 Å². The maximum Gasteiger partial charge on any atom is 0.234 e. The van der Waals surface area contributed by atoms with Crippen molar-refractivity contribution in [2.75, 3.05) is 12.4 Å². The molecule has 1 unspecified atom stereocenters. The van der Waals surface area contributed by atoms with Crippen LogP contribution in [-0.2, 0) is 21.6 Å². The Hall–Kier alpha value is -1.43. The molecule has 1 aromatic rings. The lowest BCUT2D eigenvalue weighted by atomic mass is 9.81. The van der Waals surface area contributed by atoms with Crippen molar-refractivity contribution in [3.8, 4) is 0 Å². The largest absolute Gasteiger partial charge is 0.762 e. The van der Waals surface area contributed by atoms with Gasteiger partial charge in [0.25, 0.3) is 0 Å². The SMILES string of the molecule is CCC1(C)C(=O)Nc2ccc(CN([O-])OC)cc21. The summed E-state index contributed by atoms with van der Waals surface area (Å²) in [5.41, 5.74) is 2.12. The summed E-state index contributed by atoms with van der Waals surface area (Å²) in [6, 6.07) is 5.57. The molecule has 1 amide bonds. The van der Waals surface area contributed by atoms with Gasteiger partial charge in [-0.2, -0.15) is 0 Å². The first kappa shape index (κ1) is 13.0. The van der Waals surface area contributed by atoms with Crippen molar-refractivity contribution in [2.24, 2.45) is 0 Å². The third-order valence-corrected chi connectivity index (χ3v) is 3.65. The van der Waals surface area contributed by atoms with E-state index in [1.165, 1.54) is 7.11 Å². The number of hydrogen-bond donors (Lipinski definition) is 1. The van der Waals surface area contributed by atoms with E-state index in [1.807, 2.05) is 32.0 Å². The molecule has 18 heavy (non-hydrogen) atoms. The lowest BCUT2D eigenvalue weighted by molar-refractivity contribution is -0.120. The zero-order valence-corrected chi connectivity index (χ0v) is 10.8. The number of amides is 1. The molecule has 5 heteroatoms. The minimum Gasteiger partial charge on any atom is -0.762 e. The second-order valence-corrected chi connectivity index (χ2v) is 4.69. The zero-order chi connectivity index (χ0) is 13.3. The lowest BCUT2D eigenvalue weighted by Gasteiger charge is -2.25. The summed E-state index contributed by atoms with van der Waals surface area (Å²) < 4.78 is 0. The van der Waals surface area contributed by atoms with Crippen molar-refractivity contribution in [2.45, 2.75) is 32.2 Å². The number of rotatable bonds is 4.